The van der Waals surface area contributed by atoms with Crippen LogP contribution < -0.4 is 5.32 Å². The van der Waals surface area contributed by atoms with E-state index in [1.54, 1.807) is 0 Å². The van der Waals surface area contributed by atoms with Crippen molar-refractivity contribution in [2.75, 3.05) is 0 Å². The fourth-order valence-corrected chi connectivity index (χ4v) is 3.00. The van der Waals surface area contributed by atoms with Crippen molar-refractivity contribution >= 4 is 11.3 Å². The first kappa shape index (κ1) is 10.2. The van der Waals surface area contributed by atoms with E-state index in [2.05, 4.69) is 32.2 Å². The maximum absolute atomic E-state index is 3.63. The summed E-state index contributed by atoms with van der Waals surface area (Å²) in [6.07, 6.45) is 2.72. The van der Waals surface area contributed by atoms with Crippen LogP contribution in [0.2, 0.25) is 0 Å². The van der Waals surface area contributed by atoms with E-state index in [-0.39, 0.29) is 0 Å². The topological polar surface area (TPSA) is 12.0 Å². The number of hydrogen-bond acceptors (Lipinski definition) is 2. The standard InChI is InChI=1S/C12H19NS/c1-4-10-6-12(10)13-7-11-5-8(2)14-9(11)3/h5,10,12-13H,4,6-7H2,1-3H3. The molecule has 2 unspecified atom stereocenters. The fraction of sp³-hybridized carbons (Fsp3) is 0.667. The third-order valence-electron chi connectivity index (χ3n) is 3.15. The quantitative estimate of drug-likeness (QED) is 0.802. The lowest BCUT2D eigenvalue weighted by atomic mass is 10.2. The molecule has 0 bridgehead atoms. The van der Waals surface area contributed by atoms with Gasteiger partial charge in [0.2, 0.25) is 0 Å². The first-order valence-electron chi connectivity index (χ1n) is 5.50. The maximum Gasteiger partial charge on any atom is 0.0219 e. The molecule has 1 N–H and O–H groups in total. The predicted molar refractivity (Wildman–Crippen MR) is 62.8 cm³/mol. The molecule has 0 saturated heterocycles. The molecule has 0 amide bonds. The molecule has 1 aromatic heterocycles. The average Bonchev–Trinajstić information content (AvgIpc) is 2.83. The van der Waals surface area contributed by atoms with Gasteiger partial charge in [0.05, 0.1) is 0 Å². The molecule has 2 atom stereocenters. The summed E-state index contributed by atoms with van der Waals surface area (Å²) >= 11 is 1.91. The summed E-state index contributed by atoms with van der Waals surface area (Å²) in [6, 6.07) is 3.12. The number of nitrogens with one attached hydrogen (secondary N) is 1. The molecule has 1 aliphatic rings. The minimum atomic E-state index is 0.805. The Morgan fingerprint density at radius 1 is 1.50 bits per heavy atom. The third-order valence-corrected chi connectivity index (χ3v) is 4.15. The minimum Gasteiger partial charge on any atom is -0.310 e. The highest BCUT2D eigenvalue weighted by molar-refractivity contribution is 7.12. The summed E-state index contributed by atoms with van der Waals surface area (Å²) in [5, 5.41) is 3.63. The van der Waals surface area contributed by atoms with E-state index in [4.69, 9.17) is 0 Å². The van der Waals surface area contributed by atoms with E-state index >= 15 is 0 Å². The summed E-state index contributed by atoms with van der Waals surface area (Å²) in [5.41, 5.74) is 1.49. The van der Waals surface area contributed by atoms with E-state index in [1.807, 2.05) is 11.3 Å². The smallest absolute Gasteiger partial charge is 0.0219 e. The molecule has 2 heteroatoms. The van der Waals surface area contributed by atoms with E-state index < -0.39 is 0 Å². The van der Waals surface area contributed by atoms with Crippen molar-refractivity contribution in [1.82, 2.24) is 5.32 Å². The summed E-state index contributed by atoms with van der Waals surface area (Å²) in [5.74, 6) is 0.954. The van der Waals surface area contributed by atoms with Crippen LogP contribution in [0.3, 0.4) is 0 Å². The van der Waals surface area contributed by atoms with Crippen LogP contribution in [0.4, 0.5) is 0 Å². The van der Waals surface area contributed by atoms with Crippen LogP contribution in [-0.2, 0) is 6.54 Å². The van der Waals surface area contributed by atoms with Crippen LogP contribution in [0.25, 0.3) is 0 Å². The van der Waals surface area contributed by atoms with Crippen molar-refractivity contribution in [3.05, 3.63) is 21.4 Å². The Hall–Kier alpha value is -0.340. The van der Waals surface area contributed by atoms with Crippen molar-refractivity contribution in [3.8, 4) is 0 Å². The number of aryl methyl sites for hydroxylation is 2. The lowest BCUT2D eigenvalue weighted by Crippen LogP contribution is -2.17. The second-order valence-electron chi connectivity index (χ2n) is 4.33. The highest BCUT2D eigenvalue weighted by Gasteiger charge is 2.34. The molecule has 1 fully saturated rings. The Morgan fingerprint density at radius 2 is 2.29 bits per heavy atom. The highest BCUT2D eigenvalue weighted by Crippen LogP contribution is 2.33. The fourth-order valence-electron chi connectivity index (χ4n) is 2.05. The molecular weight excluding hydrogens is 190 g/mol. The zero-order valence-electron chi connectivity index (χ0n) is 9.26. The van der Waals surface area contributed by atoms with Gasteiger partial charge in [-0.05, 0) is 37.8 Å². The van der Waals surface area contributed by atoms with Gasteiger partial charge in [0.1, 0.15) is 0 Å². The highest BCUT2D eigenvalue weighted by atomic mass is 32.1. The van der Waals surface area contributed by atoms with E-state index in [0.29, 0.717) is 0 Å². The number of thiophene rings is 1. The van der Waals surface area contributed by atoms with Gasteiger partial charge in [0.15, 0.2) is 0 Å². The Balaban J connectivity index is 1.84. The van der Waals surface area contributed by atoms with Crippen molar-refractivity contribution < 1.29 is 0 Å². The van der Waals surface area contributed by atoms with Gasteiger partial charge in [-0.15, -0.1) is 11.3 Å². The molecule has 14 heavy (non-hydrogen) atoms. The molecule has 0 spiro atoms. The molecule has 0 aliphatic heterocycles. The number of rotatable bonds is 4. The van der Waals surface area contributed by atoms with Gasteiger partial charge >= 0.3 is 0 Å². The predicted octanol–water partition coefficient (Wildman–Crippen LogP) is 3.25. The van der Waals surface area contributed by atoms with Gasteiger partial charge in [-0.2, -0.15) is 0 Å². The summed E-state index contributed by atoms with van der Waals surface area (Å²) in [4.78, 5) is 2.91. The molecule has 78 valence electrons. The van der Waals surface area contributed by atoms with Crippen LogP contribution >= 0.6 is 11.3 Å². The Labute approximate surface area is 90.5 Å². The van der Waals surface area contributed by atoms with Crippen LogP contribution in [-0.4, -0.2) is 6.04 Å². The van der Waals surface area contributed by atoms with Crippen molar-refractivity contribution in [3.63, 3.8) is 0 Å². The zero-order valence-corrected chi connectivity index (χ0v) is 10.1. The molecule has 1 saturated carbocycles. The summed E-state index contributed by atoms with van der Waals surface area (Å²) in [6.45, 7) is 7.76. The largest absolute Gasteiger partial charge is 0.310 e. The third kappa shape index (κ3) is 2.18. The van der Waals surface area contributed by atoms with E-state index in [9.17, 15) is 0 Å². The van der Waals surface area contributed by atoms with Gasteiger partial charge in [-0.3, -0.25) is 0 Å². The van der Waals surface area contributed by atoms with Gasteiger partial charge < -0.3 is 5.32 Å². The lowest BCUT2D eigenvalue weighted by molar-refractivity contribution is 0.623. The molecule has 0 radical (unpaired) electrons. The van der Waals surface area contributed by atoms with Gasteiger partial charge in [-0.25, -0.2) is 0 Å². The Bertz CT molecular complexity index is 316. The van der Waals surface area contributed by atoms with Gasteiger partial charge in [0, 0.05) is 22.3 Å². The average molecular weight is 209 g/mol. The normalized spacial score (nSPS) is 25.4. The minimum absolute atomic E-state index is 0.805. The SMILES string of the molecule is CCC1CC1NCc1cc(C)sc1C. The van der Waals surface area contributed by atoms with Crippen LogP contribution in [0.5, 0.6) is 0 Å². The molecule has 1 aliphatic carbocycles. The van der Waals surface area contributed by atoms with Crippen LogP contribution in [0.1, 0.15) is 35.1 Å². The van der Waals surface area contributed by atoms with Crippen LogP contribution in [0, 0.1) is 19.8 Å². The second kappa shape index (κ2) is 4.03. The lowest BCUT2D eigenvalue weighted by Gasteiger charge is -2.02. The molecular formula is C12H19NS. The maximum atomic E-state index is 3.63. The molecule has 0 aromatic carbocycles. The summed E-state index contributed by atoms with van der Waals surface area (Å²) < 4.78 is 0. The van der Waals surface area contributed by atoms with E-state index in [1.165, 1.54) is 28.2 Å². The van der Waals surface area contributed by atoms with Crippen molar-refractivity contribution in [2.24, 2.45) is 5.92 Å². The van der Waals surface area contributed by atoms with Crippen molar-refractivity contribution in [1.29, 1.82) is 0 Å². The van der Waals surface area contributed by atoms with E-state index in [0.717, 1.165) is 18.5 Å². The second-order valence-corrected chi connectivity index (χ2v) is 5.79. The monoisotopic (exact) mass is 209 g/mol. The molecule has 2 rings (SSSR count). The van der Waals surface area contributed by atoms with Gasteiger partial charge in [0.25, 0.3) is 0 Å². The molecule has 1 nitrogen and oxygen atoms in total. The molecule has 1 heterocycles. The Kier molecular flexibility index (Phi) is 2.93. The van der Waals surface area contributed by atoms with Gasteiger partial charge in [-0.1, -0.05) is 13.3 Å². The van der Waals surface area contributed by atoms with Crippen molar-refractivity contribution in [2.45, 2.75) is 46.2 Å². The first-order chi connectivity index (χ1) is 6.70. The zero-order chi connectivity index (χ0) is 10.1. The Morgan fingerprint density at radius 3 is 2.79 bits per heavy atom. The van der Waals surface area contributed by atoms with Crippen LogP contribution in [0.15, 0.2) is 6.07 Å². The number of hydrogen-bond donors (Lipinski definition) is 1. The summed E-state index contributed by atoms with van der Waals surface area (Å²) in [7, 11) is 0. The molecule has 1 aromatic rings. The first-order valence-corrected chi connectivity index (χ1v) is 6.31.